The highest BCUT2D eigenvalue weighted by Crippen LogP contribution is 2.40. The van der Waals surface area contributed by atoms with E-state index in [9.17, 15) is 24.3 Å². The molecule has 1 saturated heterocycles. The molecule has 0 spiro atoms. The van der Waals surface area contributed by atoms with Crippen molar-refractivity contribution in [3.63, 3.8) is 0 Å². The van der Waals surface area contributed by atoms with Crippen molar-refractivity contribution >= 4 is 41.2 Å². The van der Waals surface area contributed by atoms with Gasteiger partial charge in [-0.05, 0) is 37.0 Å². The van der Waals surface area contributed by atoms with Crippen molar-refractivity contribution < 1.29 is 29.0 Å². The number of aromatic nitrogens is 1. The SMILES string of the molecule is CNC(=O)c1cc(Cl)ncc1NC(=O)C1(c2ccccc2C(C)C)CN(C(=O)OCC(C)(C)C(=O)O)C1. The van der Waals surface area contributed by atoms with E-state index in [0.717, 1.165) is 11.1 Å². The van der Waals surface area contributed by atoms with Gasteiger partial charge in [-0.3, -0.25) is 14.4 Å². The van der Waals surface area contributed by atoms with Gasteiger partial charge in [0.25, 0.3) is 5.91 Å². The fourth-order valence-corrected chi connectivity index (χ4v) is 4.25. The van der Waals surface area contributed by atoms with E-state index in [-0.39, 0.29) is 42.0 Å². The Morgan fingerprint density at radius 3 is 2.46 bits per heavy atom. The molecule has 10 nitrogen and oxygen atoms in total. The standard InChI is InChI=1S/C26H31ClN4O6/c1-15(2)16-8-6-7-9-18(16)26(12-31(13-26)24(36)37-14-25(3,4)23(34)35)22(33)30-19-11-29-20(27)10-17(19)21(32)28-5/h6-11,15H,12-14H2,1-5H3,(H,28,32)(H,30,33)(H,34,35). The van der Waals surface area contributed by atoms with Gasteiger partial charge >= 0.3 is 12.1 Å². The van der Waals surface area contributed by atoms with Crippen molar-refractivity contribution in [3.8, 4) is 0 Å². The number of hydrogen-bond donors (Lipinski definition) is 3. The van der Waals surface area contributed by atoms with E-state index < -0.39 is 34.7 Å². The van der Waals surface area contributed by atoms with Gasteiger partial charge in [-0.25, -0.2) is 9.78 Å². The second-order valence-electron chi connectivity index (χ2n) is 10.0. The summed E-state index contributed by atoms with van der Waals surface area (Å²) < 4.78 is 5.25. The molecule has 2 heterocycles. The van der Waals surface area contributed by atoms with Gasteiger partial charge < -0.3 is 25.4 Å². The Morgan fingerprint density at radius 1 is 1.22 bits per heavy atom. The largest absolute Gasteiger partial charge is 0.481 e. The van der Waals surface area contributed by atoms with Crippen molar-refractivity contribution in [2.24, 2.45) is 5.41 Å². The van der Waals surface area contributed by atoms with Crippen molar-refractivity contribution in [1.82, 2.24) is 15.2 Å². The van der Waals surface area contributed by atoms with Crippen LogP contribution in [0.25, 0.3) is 0 Å². The zero-order chi connectivity index (χ0) is 27.5. The van der Waals surface area contributed by atoms with Crippen molar-refractivity contribution in [2.75, 3.05) is 32.1 Å². The molecule has 3 rings (SSSR count). The van der Waals surface area contributed by atoms with Crippen LogP contribution in [0.4, 0.5) is 10.5 Å². The molecule has 0 bridgehead atoms. The number of hydrogen-bond acceptors (Lipinski definition) is 6. The Morgan fingerprint density at radius 2 is 1.86 bits per heavy atom. The molecular weight excluding hydrogens is 500 g/mol. The molecule has 0 unspecified atom stereocenters. The average Bonchev–Trinajstić information content (AvgIpc) is 2.82. The lowest BCUT2D eigenvalue weighted by Gasteiger charge is -2.49. The number of carboxylic acid groups (broad SMARTS) is 1. The van der Waals surface area contributed by atoms with Crippen LogP contribution in [0.15, 0.2) is 36.5 Å². The number of rotatable bonds is 8. The van der Waals surface area contributed by atoms with Crippen LogP contribution in [-0.4, -0.2) is 65.6 Å². The lowest BCUT2D eigenvalue weighted by atomic mass is 9.70. The van der Waals surface area contributed by atoms with Crippen LogP contribution in [0.3, 0.4) is 0 Å². The molecule has 0 radical (unpaired) electrons. The molecule has 1 aromatic carbocycles. The van der Waals surface area contributed by atoms with Crippen molar-refractivity contribution in [2.45, 2.75) is 39.0 Å². The Hall–Kier alpha value is -3.66. The fraction of sp³-hybridized carbons (Fsp3) is 0.423. The zero-order valence-corrected chi connectivity index (χ0v) is 22.2. The summed E-state index contributed by atoms with van der Waals surface area (Å²) in [5.74, 6) is -1.87. The molecule has 0 atom stereocenters. The third-order valence-corrected chi connectivity index (χ3v) is 6.65. The minimum absolute atomic E-state index is 0.00518. The second-order valence-corrected chi connectivity index (χ2v) is 10.4. The first-order chi connectivity index (χ1) is 17.3. The second kappa shape index (κ2) is 10.8. The number of carbonyl (C=O) groups excluding carboxylic acids is 3. The minimum Gasteiger partial charge on any atom is -0.481 e. The first-order valence-electron chi connectivity index (χ1n) is 11.8. The number of benzene rings is 1. The van der Waals surface area contributed by atoms with Gasteiger partial charge in [0.05, 0.1) is 22.9 Å². The third-order valence-electron chi connectivity index (χ3n) is 6.44. The summed E-state index contributed by atoms with van der Waals surface area (Å²) in [6, 6.07) is 8.86. The van der Waals surface area contributed by atoms with Crippen LogP contribution in [0.2, 0.25) is 5.15 Å². The van der Waals surface area contributed by atoms with Gasteiger partial charge in [0.2, 0.25) is 5.91 Å². The highest BCUT2D eigenvalue weighted by atomic mass is 35.5. The topological polar surface area (TPSA) is 138 Å². The van der Waals surface area contributed by atoms with Gasteiger partial charge in [0.1, 0.15) is 17.2 Å². The maximum atomic E-state index is 13.9. The zero-order valence-electron chi connectivity index (χ0n) is 21.4. The summed E-state index contributed by atoms with van der Waals surface area (Å²) in [5.41, 5.74) is -0.368. The number of nitrogens with zero attached hydrogens (tertiary/aromatic N) is 2. The maximum Gasteiger partial charge on any atom is 0.409 e. The monoisotopic (exact) mass is 530 g/mol. The van der Waals surface area contributed by atoms with E-state index in [2.05, 4.69) is 15.6 Å². The van der Waals surface area contributed by atoms with Crippen LogP contribution in [-0.2, 0) is 19.7 Å². The smallest absolute Gasteiger partial charge is 0.409 e. The molecule has 1 aliphatic heterocycles. The molecule has 3 N–H and O–H groups in total. The van der Waals surface area contributed by atoms with Gasteiger partial charge in [-0.2, -0.15) is 0 Å². The molecule has 37 heavy (non-hydrogen) atoms. The lowest BCUT2D eigenvalue weighted by Crippen LogP contribution is -2.66. The Labute approximate surface area is 220 Å². The average molecular weight is 531 g/mol. The van der Waals surface area contributed by atoms with Gasteiger partial charge in [0.15, 0.2) is 0 Å². The minimum atomic E-state index is -1.25. The molecule has 1 aromatic heterocycles. The van der Waals surface area contributed by atoms with E-state index in [1.54, 1.807) is 0 Å². The molecule has 11 heteroatoms. The summed E-state index contributed by atoms with van der Waals surface area (Å²) in [6.07, 6.45) is 0.602. The molecule has 2 aromatic rings. The fourth-order valence-electron chi connectivity index (χ4n) is 4.10. The lowest BCUT2D eigenvalue weighted by molar-refractivity contribution is -0.149. The summed E-state index contributed by atoms with van der Waals surface area (Å²) in [6.45, 7) is 6.63. The maximum absolute atomic E-state index is 13.9. The summed E-state index contributed by atoms with van der Waals surface area (Å²) in [4.78, 5) is 55.7. The molecule has 3 amide bonds. The predicted molar refractivity (Wildman–Crippen MR) is 138 cm³/mol. The van der Waals surface area contributed by atoms with Crippen LogP contribution < -0.4 is 10.6 Å². The molecule has 0 aliphatic carbocycles. The van der Waals surface area contributed by atoms with E-state index in [1.165, 1.54) is 38.1 Å². The van der Waals surface area contributed by atoms with E-state index in [1.807, 2.05) is 38.1 Å². The van der Waals surface area contributed by atoms with Crippen LogP contribution in [0.5, 0.6) is 0 Å². The van der Waals surface area contributed by atoms with E-state index in [4.69, 9.17) is 16.3 Å². The van der Waals surface area contributed by atoms with Crippen LogP contribution in [0, 0.1) is 5.41 Å². The van der Waals surface area contributed by atoms with Gasteiger partial charge in [-0.15, -0.1) is 0 Å². The number of aliphatic carboxylic acids is 1. The number of anilines is 1. The highest BCUT2D eigenvalue weighted by molar-refractivity contribution is 6.30. The Bertz CT molecular complexity index is 1220. The van der Waals surface area contributed by atoms with Gasteiger partial charge in [0, 0.05) is 20.1 Å². The molecule has 198 valence electrons. The van der Waals surface area contributed by atoms with Crippen molar-refractivity contribution in [1.29, 1.82) is 0 Å². The summed E-state index contributed by atoms with van der Waals surface area (Å²) in [7, 11) is 1.46. The molecule has 1 aliphatic rings. The number of pyridine rings is 1. The normalized spacial score (nSPS) is 14.5. The molecular formula is C26H31ClN4O6. The third kappa shape index (κ3) is 5.69. The highest BCUT2D eigenvalue weighted by Gasteiger charge is 2.54. The summed E-state index contributed by atoms with van der Waals surface area (Å²) in [5, 5.41) is 14.7. The quantitative estimate of drug-likeness (QED) is 0.443. The predicted octanol–water partition coefficient (Wildman–Crippen LogP) is 3.66. The number of ether oxygens (including phenoxy) is 1. The number of likely N-dealkylation sites (tertiary alicyclic amines) is 1. The summed E-state index contributed by atoms with van der Waals surface area (Å²) >= 11 is 5.97. The van der Waals surface area contributed by atoms with Crippen molar-refractivity contribution in [3.05, 3.63) is 58.4 Å². The van der Waals surface area contributed by atoms with Gasteiger partial charge in [-0.1, -0.05) is 49.7 Å². The number of carbonyl (C=O) groups is 4. The number of nitrogens with one attached hydrogen (secondary N) is 2. The van der Waals surface area contributed by atoms with E-state index in [0.29, 0.717) is 0 Å². The molecule has 0 saturated carbocycles. The van der Waals surface area contributed by atoms with Crippen LogP contribution in [0.1, 0.15) is 55.1 Å². The number of carboxylic acids is 1. The number of halogens is 1. The Balaban J connectivity index is 1.93. The first kappa shape index (κ1) is 27.9. The molecule has 1 fully saturated rings. The van der Waals surface area contributed by atoms with Crippen LogP contribution >= 0.6 is 11.6 Å². The van der Waals surface area contributed by atoms with E-state index >= 15 is 0 Å². The first-order valence-corrected chi connectivity index (χ1v) is 12.1. The Kier molecular flexibility index (Phi) is 8.12. The number of amides is 3.